The molecule has 1 aromatic carbocycles. The van der Waals surface area contributed by atoms with E-state index in [9.17, 15) is 9.18 Å². The topological polar surface area (TPSA) is 32.3 Å². The summed E-state index contributed by atoms with van der Waals surface area (Å²) < 4.78 is 12.9. The average molecular weight is 234 g/mol. The Hall–Kier alpha value is -1.68. The van der Waals surface area contributed by atoms with E-state index in [2.05, 4.69) is 11.9 Å². The average Bonchev–Trinajstić information content (AvgIpc) is 2.39. The van der Waals surface area contributed by atoms with E-state index in [1.807, 2.05) is 0 Å². The van der Waals surface area contributed by atoms with Gasteiger partial charge in [0.1, 0.15) is 5.82 Å². The molecule has 1 atom stereocenters. The number of carbonyl (C=O) groups excluding carboxylic acids is 1. The number of nitrogens with one attached hydrogen (secondary N) is 1. The summed E-state index contributed by atoms with van der Waals surface area (Å²) in [5, 5.41) is 3.23. The molecule has 1 fully saturated rings. The lowest BCUT2D eigenvalue weighted by Crippen LogP contribution is -2.48. The van der Waals surface area contributed by atoms with Gasteiger partial charge in [-0.3, -0.25) is 4.79 Å². The zero-order chi connectivity index (χ0) is 12.3. The van der Waals surface area contributed by atoms with Crippen molar-refractivity contribution in [2.75, 3.05) is 19.6 Å². The zero-order valence-corrected chi connectivity index (χ0v) is 9.53. The summed E-state index contributed by atoms with van der Waals surface area (Å²) in [4.78, 5) is 13.5. The highest BCUT2D eigenvalue weighted by Gasteiger charge is 2.26. The van der Waals surface area contributed by atoms with Crippen molar-refractivity contribution in [2.45, 2.75) is 6.04 Å². The van der Waals surface area contributed by atoms with E-state index in [1.54, 1.807) is 17.0 Å². The second-order valence-corrected chi connectivity index (χ2v) is 4.01. The Morgan fingerprint density at radius 1 is 1.47 bits per heavy atom. The number of piperazine rings is 1. The van der Waals surface area contributed by atoms with Crippen LogP contribution >= 0.6 is 0 Å². The number of hydrogen-bond acceptors (Lipinski definition) is 2. The molecule has 17 heavy (non-hydrogen) atoms. The van der Waals surface area contributed by atoms with Crippen LogP contribution in [0.25, 0.3) is 0 Å². The summed E-state index contributed by atoms with van der Waals surface area (Å²) in [6.45, 7) is 5.61. The Morgan fingerprint density at radius 2 is 2.18 bits per heavy atom. The van der Waals surface area contributed by atoms with Crippen LogP contribution in [0, 0.1) is 5.82 Å². The van der Waals surface area contributed by atoms with Crippen LogP contribution in [0.3, 0.4) is 0 Å². The Kier molecular flexibility index (Phi) is 3.54. The lowest BCUT2D eigenvalue weighted by molar-refractivity contribution is -0.129. The summed E-state index contributed by atoms with van der Waals surface area (Å²) in [5.74, 6) is -0.347. The minimum atomic E-state index is -0.265. The van der Waals surface area contributed by atoms with Gasteiger partial charge < -0.3 is 10.2 Å². The highest BCUT2D eigenvalue weighted by molar-refractivity contribution is 5.87. The fourth-order valence-electron chi connectivity index (χ4n) is 2.07. The van der Waals surface area contributed by atoms with Gasteiger partial charge in [-0.1, -0.05) is 18.7 Å². The summed E-state index contributed by atoms with van der Waals surface area (Å²) in [6, 6.07) is 6.23. The standard InChI is InChI=1S/C13H15FN2O/c1-2-13(17)16-8-7-15-9-12(16)10-3-5-11(14)6-4-10/h2-6,12,15H,1,7-9H2. The van der Waals surface area contributed by atoms with Crippen molar-refractivity contribution in [3.8, 4) is 0 Å². The third-order valence-corrected chi connectivity index (χ3v) is 2.96. The summed E-state index contributed by atoms with van der Waals surface area (Å²) in [7, 11) is 0. The second kappa shape index (κ2) is 5.10. The number of amides is 1. The molecule has 0 saturated carbocycles. The second-order valence-electron chi connectivity index (χ2n) is 4.01. The zero-order valence-electron chi connectivity index (χ0n) is 9.53. The van der Waals surface area contributed by atoms with Crippen molar-refractivity contribution in [3.63, 3.8) is 0 Å². The molecule has 0 bridgehead atoms. The Bertz CT molecular complexity index is 416. The van der Waals surface area contributed by atoms with E-state index in [4.69, 9.17) is 0 Å². The van der Waals surface area contributed by atoms with Gasteiger partial charge in [0.05, 0.1) is 6.04 Å². The molecule has 0 radical (unpaired) electrons. The maximum atomic E-state index is 12.9. The molecule has 1 amide bonds. The van der Waals surface area contributed by atoms with E-state index >= 15 is 0 Å². The van der Waals surface area contributed by atoms with Gasteiger partial charge >= 0.3 is 0 Å². The maximum absolute atomic E-state index is 12.9. The van der Waals surface area contributed by atoms with Crippen LogP contribution in [0.2, 0.25) is 0 Å². The molecule has 1 aliphatic rings. The van der Waals surface area contributed by atoms with Crippen LogP contribution in [-0.2, 0) is 4.79 Å². The molecule has 1 aromatic rings. The van der Waals surface area contributed by atoms with Gasteiger partial charge in [-0.05, 0) is 23.8 Å². The molecule has 3 nitrogen and oxygen atoms in total. The quantitative estimate of drug-likeness (QED) is 0.786. The number of halogens is 1. The predicted molar refractivity (Wildman–Crippen MR) is 63.9 cm³/mol. The maximum Gasteiger partial charge on any atom is 0.246 e. The smallest absolute Gasteiger partial charge is 0.246 e. The molecule has 1 unspecified atom stereocenters. The minimum Gasteiger partial charge on any atom is -0.330 e. The van der Waals surface area contributed by atoms with E-state index < -0.39 is 0 Å². The first-order valence-corrected chi connectivity index (χ1v) is 5.61. The first-order valence-electron chi connectivity index (χ1n) is 5.61. The van der Waals surface area contributed by atoms with Crippen molar-refractivity contribution in [2.24, 2.45) is 0 Å². The molecular formula is C13H15FN2O. The monoisotopic (exact) mass is 234 g/mol. The first kappa shape index (κ1) is 11.8. The minimum absolute atomic E-state index is 0.0464. The summed E-state index contributed by atoms with van der Waals surface area (Å²) >= 11 is 0. The number of benzene rings is 1. The van der Waals surface area contributed by atoms with Gasteiger partial charge in [-0.15, -0.1) is 0 Å². The number of nitrogens with zero attached hydrogens (tertiary/aromatic N) is 1. The van der Waals surface area contributed by atoms with E-state index in [1.165, 1.54) is 18.2 Å². The van der Waals surface area contributed by atoms with Crippen molar-refractivity contribution in [3.05, 3.63) is 48.3 Å². The Labute approximate surface area is 99.9 Å². The van der Waals surface area contributed by atoms with Crippen LogP contribution in [0.1, 0.15) is 11.6 Å². The first-order chi connectivity index (χ1) is 8.22. The third-order valence-electron chi connectivity index (χ3n) is 2.96. The van der Waals surface area contributed by atoms with Crippen LogP contribution < -0.4 is 5.32 Å². The molecule has 1 heterocycles. The largest absolute Gasteiger partial charge is 0.330 e. The molecule has 0 aliphatic carbocycles. The van der Waals surface area contributed by atoms with E-state index in [0.717, 1.165) is 12.1 Å². The highest BCUT2D eigenvalue weighted by atomic mass is 19.1. The third kappa shape index (κ3) is 2.53. The van der Waals surface area contributed by atoms with Gasteiger partial charge in [0.25, 0.3) is 0 Å². The molecule has 0 aromatic heterocycles. The van der Waals surface area contributed by atoms with Crippen molar-refractivity contribution < 1.29 is 9.18 Å². The number of hydrogen-bond donors (Lipinski definition) is 1. The molecule has 1 aliphatic heterocycles. The number of rotatable bonds is 2. The van der Waals surface area contributed by atoms with Gasteiger partial charge in [0.2, 0.25) is 5.91 Å². The van der Waals surface area contributed by atoms with Gasteiger partial charge in [-0.2, -0.15) is 0 Å². The Balaban J connectivity index is 2.24. The molecule has 4 heteroatoms. The SMILES string of the molecule is C=CC(=O)N1CCNCC1c1ccc(F)cc1. The van der Waals surface area contributed by atoms with Crippen LogP contribution in [0.5, 0.6) is 0 Å². The fourth-order valence-corrected chi connectivity index (χ4v) is 2.07. The van der Waals surface area contributed by atoms with Gasteiger partial charge in [-0.25, -0.2) is 4.39 Å². The molecule has 90 valence electrons. The van der Waals surface area contributed by atoms with Gasteiger partial charge in [0.15, 0.2) is 0 Å². The molecular weight excluding hydrogens is 219 g/mol. The molecule has 2 rings (SSSR count). The van der Waals surface area contributed by atoms with Crippen molar-refractivity contribution in [1.29, 1.82) is 0 Å². The highest BCUT2D eigenvalue weighted by Crippen LogP contribution is 2.22. The lowest BCUT2D eigenvalue weighted by atomic mass is 10.0. The number of carbonyl (C=O) groups is 1. The van der Waals surface area contributed by atoms with Crippen LogP contribution in [-0.4, -0.2) is 30.4 Å². The van der Waals surface area contributed by atoms with Gasteiger partial charge in [0, 0.05) is 19.6 Å². The van der Waals surface area contributed by atoms with Crippen LogP contribution in [0.15, 0.2) is 36.9 Å². The van der Waals surface area contributed by atoms with Crippen molar-refractivity contribution >= 4 is 5.91 Å². The molecule has 0 spiro atoms. The van der Waals surface area contributed by atoms with E-state index in [0.29, 0.717) is 13.1 Å². The normalized spacial score (nSPS) is 20.1. The molecule has 1 N–H and O–H groups in total. The van der Waals surface area contributed by atoms with Crippen LogP contribution in [0.4, 0.5) is 4.39 Å². The predicted octanol–water partition coefficient (Wildman–Crippen LogP) is 1.48. The van der Waals surface area contributed by atoms with Crippen molar-refractivity contribution in [1.82, 2.24) is 10.2 Å². The Morgan fingerprint density at radius 3 is 2.82 bits per heavy atom. The molecule has 1 saturated heterocycles. The summed E-state index contributed by atoms with van der Waals surface area (Å²) in [6.07, 6.45) is 1.32. The lowest BCUT2D eigenvalue weighted by Gasteiger charge is -2.35. The van der Waals surface area contributed by atoms with E-state index in [-0.39, 0.29) is 17.8 Å². The fraction of sp³-hybridized carbons (Fsp3) is 0.308. The summed E-state index contributed by atoms with van der Waals surface area (Å²) in [5.41, 5.74) is 0.939.